The Bertz CT molecular complexity index is 356. The van der Waals surface area contributed by atoms with Gasteiger partial charge in [-0.05, 0) is 12.1 Å². The van der Waals surface area contributed by atoms with Crippen LogP contribution in [0.2, 0.25) is 0 Å². The Balaban J connectivity index is -0.000000342. The van der Waals surface area contributed by atoms with Crippen molar-refractivity contribution in [2.75, 3.05) is 0 Å². The summed E-state index contributed by atoms with van der Waals surface area (Å²) in [5.41, 5.74) is 0. The molecule has 10 heteroatoms. The molecule has 1 aromatic rings. The molecule has 1 aromatic heterocycles. The van der Waals surface area contributed by atoms with Crippen molar-refractivity contribution in [1.29, 1.82) is 0 Å². The van der Waals surface area contributed by atoms with Gasteiger partial charge in [0, 0.05) is 41.6 Å². The molecular formula is C11H15B2NNaO6. The van der Waals surface area contributed by atoms with Crippen LogP contribution in [-0.4, -0.2) is 38.6 Å². The molecule has 1 heterocycles. The van der Waals surface area contributed by atoms with Crippen molar-refractivity contribution in [1.82, 2.24) is 4.98 Å². The first-order chi connectivity index (χ1) is 8.91. The molecule has 0 bridgehead atoms. The maximum atomic E-state index is 10.4. The van der Waals surface area contributed by atoms with Gasteiger partial charge < -0.3 is 14.0 Å². The summed E-state index contributed by atoms with van der Waals surface area (Å²) < 4.78 is 13.3. The summed E-state index contributed by atoms with van der Waals surface area (Å²) in [5, 5.41) is 0. The molecule has 21 heavy (non-hydrogen) atoms. The van der Waals surface area contributed by atoms with E-state index in [-0.39, 0.29) is 38.0 Å². The Morgan fingerprint density at radius 1 is 0.810 bits per heavy atom. The molecule has 0 aromatic carbocycles. The smallest absolute Gasteiger partial charge is 0.625 e. The molecule has 0 fully saturated rings. The summed E-state index contributed by atoms with van der Waals surface area (Å²) >= 11 is 0. The first kappa shape index (κ1) is 24.7. The molecule has 0 unspecified atom stereocenters. The first-order valence-electron chi connectivity index (χ1n) is 5.44. The van der Waals surface area contributed by atoms with E-state index in [0.717, 1.165) is 20.8 Å². The van der Waals surface area contributed by atoms with Gasteiger partial charge in [0.15, 0.2) is 0 Å². The Morgan fingerprint density at radius 3 is 1.29 bits per heavy atom. The molecule has 3 radical (unpaired) electrons. The second-order valence-corrected chi connectivity index (χ2v) is 3.29. The monoisotopic (exact) mass is 302 g/mol. The predicted octanol–water partition coefficient (Wildman–Crippen LogP) is -2.90. The van der Waals surface area contributed by atoms with E-state index in [1.807, 2.05) is 18.2 Å². The summed E-state index contributed by atoms with van der Waals surface area (Å²) in [6, 6.07) is 5.72. The van der Waals surface area contributed by atoms with Gasteiger partial charge in [-0.15, -0.1) is 0 Å². The third-order valence-corrected chi connectivity index (χ3v) is 1.53. The van der Waals surface area contributed by atoms with Gasteiger partial charge in [-0.3, -0.25) is 19.4 Å². The minimum Gasteiger partial charge on any atom is -0.625 e. The van der Waals surface area contributed by atoms with Crippen LogP contribution in [-0.2, 0) is 28.3 Å². The van der Waals surface area contributed by atoms with Gasteiger partial charge in [0.2, 0.25) is 0 Å². The molecule has 0 aliphatic rings. The second-order valence-electron chi connectivity index (χ2n) is 3.29. The molecule has 0 saturated heterocycles. The zero-order valence-corrected chi connectivity index (χ0v) is 14.6. The minimum atomic E-state index is -2.41. The molecule has 7 nitrogen and oxygen atoms in total. The molecule has 0 aliphatic heterocycles. The quantitative estimate of drug-likeness (QED) is 0.553. The molecule has 0 amide bonds. The molecule has 0 spiro atoms. The van der Waals surface area contributed by atoms with Gasteiger partial charge >= 0.3 is 36.9 Å². The summed E-state index contributed by atoms with van der Waals surface area (Å²) in [4.78, 5) is 35.1. The number of aromatic nitrogens is 1. The van der Waals surface area contributed by atoms with Crippen LogP contribution in [0.5, 0.6) is 0 Å². The molecule has 0 atom stereocenters. The number of pyridine rings is 1. The number of hydrogen-bond acceptors (Lipinski definition) is 7. The van der Waals surface area contributed by atoms with Crippen molar-refractivity contribution in [3.8, 4) is 0 Å². The fourth-order valence-corrected chi connectivity index (χ4v) is 0.899. The number of carbonyl (C=O) groups is 3. The molecule has 0 N–H and O–H groups in total. The van der Waals surface area contributed by atoms with E-state index >= 15 is 0 Å². The van der Waals surface area contributed by atoms with Crippen LogP contribution in [0.4, 0.5) is 0 Å². The SMILES string of the molecule is CC(=O)O[BH-](OC(C)=O)OC(C)=O.[B].[Na+].c1ccncc1. The van der Waals surface area contributed by atoms with E-state index in [1.54, 1.807) is 12.4 Å². The van der Waals surface area contributed by atoms with Crippen LogP contribution >= 0.6 is 0 Å². The first-order valence-corrected chi connectivity index (χ1v) is 5.44. The zero-order valence-electron chi connectivity index (χ0n) is 12.6. The summed E-state index contributed by atoms with van der Waals surface area (Å²) in [6.07, 6.45) is 3.50. The number of hydrogen-bond donors (Lipinski definition) is 0. The van der Waals surface area contributed by atoms with Crippen molar-refractivity contribution in [3.63, 3.8) is 0 Å². The topological polar surface area (TPSA) is 91.8 Å². The average molecular weight is 302 g/mol. The van der Waals surface area contributed by atoms with Gasteiger partial charge in [-0.25, -0.2) is 0 Å². The normalized spacial score (nSPS) is 8.00. The van der Waals surface area contributed by atoms with E-state index < -0.39 is 25.2 Å². The third kappa shape index (κ3) is 18.7. The van der Waals surface area contributed by atoms with Gasteiger partial charge in [0.1, 0.15) is 0 Å². The predicted molar refractivity (Wildman–Crippen MR) is 72.4 cm³/mol. The molecule has 107 valence electrons. The molecule has 1 rings (SSSR count). The van der Waals surface area contributed by atoms with Crippen molar-refractivity contribution >= 4 is 33.6 Å². The Morgan fingerprint density at radius 2 is 1.14 bits per heavy atom. The van der Waals surface area contributed by atoms with Crippen LogP contribution in [0.15, 0.2) is 30.6 Å². The van der Waals surface area contributed by atoms with Gasteiger partial charge in [-0.1, -0.05) is 6.07 Å². The Hall–Kier alpha value is -1.31. The number of rotatable bonds is 3. The Labute approximate surface area is 147 Å². The van der Waals surface area contributed by atoms with E-state index in [2.05, 4.69) is 18.9 Å². The minimum absolute atomic E-state index is 0. The van der Waals surface area contributed by atoms with E-state index in [0.29, 0.717) is 0 Å². The molecule has 0 saturated carbocycles. The second kappa shape index (κ2) is 15.1. The number of nitrogens with zero attached hydrogens (tertiary/aromatic N) is 1. The third-order valence-electron chi connectivity index (χ3n) is 1.53. The maximum Gasteiger partial charge on any atom is 1.00 e. The number of carbonyl (C=O) groups excluding carboxylic acids is 3. The summed E-state index contributed by atoms with van der Waals surface area (Å²) in [5.74, 6) is -2.03. The van der Waals surface area contributed by atoms with E-state index in [9.17, 15) is 14.4 Å². The fraction of sp³-hybridized carbons (Fsp3) is 0.273. The van der Waals surface area contributed by atoms with Crippen LogP contribution in [0, 0.1) is 0 Å². The van der Waals surface area contributed by atoms with Crippen molar-refractivity contribution in [2.24, 2.45) is 0 Å². The standard InChI is InChI=1S/C6H10BO6.C5H5N.B.Na/c1-4(8)11-7(12-5(2)9)13-6(3)10;1-2-4-6-5-3-1;;/h7H,1-3H3;1-5H;;/q-1;;;+1. The van der Waals surface area contributed by atoms with Gasteiger partial charge in [-0.2, -0.15) is 0 Å². The van der Waals surface area contributed by atoms with Crippen LogP contribution < -0.4 is 29.6 Å². The summed E-state index contributed by atoms with van der Waals surface area (Å²) in [7, 11) is -2.41. The molecular weight excluding hydrogens is 287 g/mol. The van der Waals surface area contributed by atoms with Crippen molar-refractivity contribution in [2.45, 2.75) is 20.8 Å². The summed E-state index contributed by atoms with van der Waals surface area (Å²) in [6.45, 7) is 3.35. The average Bonchev–Trinajstić information content (AvgIpc) is 2.29. The van der Waals surface area contributed by atoms with Crippen molar-refractivity contribution in [3.05, 3.63) is 30.6 Å². The van der Waals surface area contributed by atoms with Gasteiger partial charge in [0.25, 0.3) is 17.9 Å². The zero-order chi connectivity index (χ0) is 14.7. The van der Waals surface area contributed by atoms with Crippen LogP contribution in [0.25, 0.3) is 0 Å². The van der Waals surface area contributed by atoms with Crippen molar-refractivity contribution < 1.29 is 57.9 Å². The van der Waals surface area contributed by atoms with Crippen LogP contribution in [0.3, 0.4) is 0 Å². The fourth-order valence-electron chi connectivity index (χ4n) is 0.899. The Kier molecular flexibility index (Phi) is 17.7. The maximum absolute atomic E-state index is 10.4. The van der Waals surface area contributed by atoms with Crippen LogP contribution in [0.1, 0.15) is 20.8 Å². The van der Waals surface area contributed by atoms with Gasteiger partial charge in [0.05, 0.1) is 0 Å². The molecule has 0 aliphatic carbocycles. The van der Waals surface area contributed by atoms with E-state index in [1.165, 1.54) is 0 Å². The largest absolute Gasteiger partial charge is 1.00 e. The van der Waals surface area contributed by atoms with E-state index in [4.69, 9.17) is 0 Å².